The van der Waals surface area contributed by atoms with Gasteiger partial charge in [-0.3, -0.25) is 0 Å². The first kappa shape index (κ1) is 12.2. The fraction of sp³-hybridized carbons (Fsp3) is 0.200. The number of nitrogens with one attached hydrogen (secondary N) is 1. The Morgan fingerprint density at radius 1 is 1.16 bits per heavy atom. The molecule has 0 amide bonds. The van der Waals surface area contributed by atoms with Gasteiger partial charge in [-0.15, -0.1) is 0 Å². The lowest BCUT2D eigenvalue weighted by Gasteiger charge is -1.98. The molecule has 3 nitrogen and oxygen atoms in total. The van der Waals surface area contributed by atoms with Crippen molar-refractivity contribution < 1.29 is 0 Å². The van der Waals surface area contributed by atoms with Crippen LogP contribution in [-0.4, -0.2) is 15.0 Å². The Hall–Kier alpha value is -1.87. The molecule has 0 spiro atoms. The van der Waals surface area contributed by atoms with Gasteiger partial charge in [0, 0.05) is 12.1 Å². The molecule has 0 aliphatic carbocycles. The summed E-state index contributed by atoms with van der Waals surface area (Å²) in [6.45, 7) is 2.11. The van der Waals surface area contributed by atoms with Crippen LogP contribution in [0.1, 0.15) is 19.2 Å². The number of H-pyrrole nitrogens is 1. The van der Waals surface area contributed by atoms with Gasteiger partial charge in [-0.05, 0) is 18.1 Å². The Kier molecular flexibility index (Phi) is 3.22. The van der Waals surface area contributed by atoms with Crippen molar-refractivity contribution >= 4 is 22.6 Å². The molecular weight excluding hydrogens is 258 g/mol. The number of rotatable bonds is 3. The molecular formula is C15H14ClN3. The molecule has 1 N–H and O–H groups in total. The van der Waals surface area contributed by atoms with Crippen LogP contribution in [0.3, 0.4) is 0 Å². The summed E-state index contributed by atoms with van der Waals surface area (Å²) >= 11 is 6.22. The van der Waals surface area contributed by atoms with Gasteiger partial charge in [0.2, 0.25) is 0 Å². The summed E-state index contributed by atoms with van der Waals surface area (Å²) in [5.41, 5.74) is 3.82. The van der Waals surface area contributed by atoms with Crippen molar-refractivity contribution in [2.75, 3.05) is 0 Å². The molecule has 19 heavy (non-hydrogen) atoms. The minimum absolute atomic E-state index is 0.496. The van der Waals surface area contributed by atoms with Crippen molar-refractivity contribution in [3.05, 3.63) is 47.4 Å². The van der Waals surface area contributed by atoms with E-state index in [0.29, 0.717) is 5.15 Å². The third-order valence-electron chi connectivity index (χ3n) is 3.04. The summed E-state index contributed by atoms with van der Waals surface area (Å²) in [5.74, 6) is 0.804. The van der Waals surface area contributed by atoms with Crippen LogP contribution in [0.15, 0.2) is 36.4 Å². The standard InChI is InChI=1S/C15H14ClN3/c1-2-6-13-17-12-9-11(10-7-4-3-5-8-10)18-14(12)15(16)19-13/h3-5,7-9,18H,2,6H2,1H3. The fourth-order valence-electron chi connectivity index (χ4n) is 2.13. The van der Waals surface area contributed by atoms with Gasteiger partial charge in [-0.1, -0.05) is 48.9 Å². The number of fused-ring (bicyclic) bond motifs is 1. The van der Waals surface area contributed by atoms with Crippen molar-refractivity contribution in [1.29, 1.82) is 0 Å². The summed E-state index contributed by atoms with van der Waals surface area (Å²) in [5, 5.41) is 0.496. The Morgan fingerprint density at radius 2 is 1.95 bits per heavy atom. The molecule has 0 unspecified atom stereocenters. The normalized spacial score (nSPS) is 11.1. The zero-order valence-electron chi connectivity index (χ0n) is 10.7. The molecule has 3 aromatic rings. The van der Waals surface area contributed by atoms with Gasteiger partial charge in [-0.2, -0.15) is 0 Å². The van der Waals surface area contributed by atoms with E-state index < -0.39 is 0 Å². The largest absolute Gasteiger partial charge is 0.351 e. The van der Waals surface area contributed by atoms with Crippen LogP contribution in [0.4, 0.5) is 0 Å². The van der Waals surface area contributed by atoms with Crippen LogP contribution in [0.2, 0.25) is 5.15 Å². The topological polar surface area (TPSA) is 41.6 Å². The maximum absolute atomic E-state index is 6.22. The summed E-state index contributed by atoms with van der Waals surface area (Å²) in [4.78, 5) is 12.2. The lowest BCUT2D eigenvalue weighted by atomic mass is 10.2. The third-order valence-corrected chi connectivity index (χ3v) is 3.31. The third kappa shape index (κ3) is 2.34. The average molecular weight is 272 g/mol. The van der Waals surface area contributed by atoms with Crippen LogP contribution < -0.4 is 0 Å². The monoisotopic (exact) mass is 271 g/mol. The molecule has 0 atom stereocenters. The zero-order valence-corrected chi connectivity index (χ0v) is 11.4. The van der Waals surface area contributed by atoms with E-state index in [1.54, 1.807) is 0 Å². The minimum atomic E-state index is 0.496. The van der Waals surface area contributed by atoms with Gasteiger partial charge in [0.15, 0.2) is 5.15 Å². The summed E-state index contributed by atoms with van der Waals surface area (Å²) < 4.78 is 0. The number of aromatic amines is 1. The molecule has 2 heterocycles. The number of aromatic nitrogens is 3. The van der Waals surface area contributed by atoms with Gasteiger partial charge in [-0.25, -0.2) is 9.97 Å². The molecule has 4 heteroatoms. The fourth-order valence-corrected chi connectivity index (χ4v) is 2.37. The Morgan fingerprint density at radius 3 is 2.68 bits per heavy atom. The molecule has 0 saturated heterocycles. The second-order valence-electron chi connectivity index (χ2n) is 4.49. The molecule has 2 aromatic heterocycles. The molecule has 0 saturated carbocycles. The second kappa shape index (κ2) is 5.02. The van der Waals surface area contributed by atoms with Crippen molar-refractivity contribution in [2.45, 2.75) is 19.8 Å². The molecule has 1 aromatic carbocycles. The van der Waals surface area contributed by atoms with Crippen LogP contribution >= 0.6 is 11.6 Å². The lowest BCUT2D eigenvalue weighted by molar-refractivity contribution is 0.844. The molecule has 0 aliphatic rings. The SMILES string of the molecule is CCCc1nc(Cl)c2[nH]c(-c3ccccc3)cc2n1. The lowest BCUT2D eigenvalue weighted by Crippen LogP contribution is -1.94. The number of halogens is 1. The van der Waals surface area contributed by atoms with E-state index in [1.165, 1.54) is 0 Å². The highest BCUT2D eigenvalue weighted by Crippen LogP contribution is 2.26. The molecule has 0 fully saturated rings. The number of hydrogen-bond acceptors (Lipinski definition) is 2. The first-order valence-corrected chi connectivity index (χ1v) is 6.76. The van der Waals surface area contributed by atoms with Crippen molar-refractivity contribution in [3.8, 4) is 11.3 Å². The maximum Gasteiger partial charge on any atom is 0.156 e. The molecule has 0 bridgehead atoms. The second-order valence-corrected chi connectivity index (χ2v) is 4.85. The van der Waals surface area contributed by atoms with Gasteiger partial charge < -0.3 is 4.98 Å². The highest BCUT2D eigenvalue weighted by atomic mass is 35.5. The van der Waals surface area contributed by atoms with Crippen molar-refractivity contribution in [3.63, 3.8) is 0 Å². The van der Waals surface area contributed by atoms with E-state index >= 15 is 0 Å². The number of nitrogens with zero attached hydrogens (tertiary/aromatic N) is 2. The molecule has 3 rings (SSSR count). The van der Waals surface area contributed by atoms with Crippen LogP contribution in [0.5, 0.6) is 0 Å². The first-order valence-electron chi connectivity index (χ1n) is 6.38. The minimum Gasteiger partial charge on any atom is -0.351 e. The molecule has 0 aliphatic heterocycles. The number of benzene rings is 1. The van der Waals surface area contributed by atoms with E-state index in [2.05, 4.69) is 34.0 Å². The summed E-state index contributed by atoms with van der Waals surface area (Å²) in [6.07, 6.45) is 1.86. The van der Waals surface area contributed by atoms with E-state index in [9.17, 15) is 0 Å². The van der Waals surface area contributed by atoms with Gasteiger partial charge in [0.25, 0.3) is 0 Å². The number of aryl methyl sites for hydroxylation is 1. The Labute approximate surface area is 116 Å². The highest BCUT2D eigenvalue weighted by molar-refractivity contribution is 6.33. The average Bonchev–Trinajstić information content (AvgIpc) is 2.85. The van der Waals surface area contributed by atoms with E-state index in [0.717, 1.165) is 41.0 Å². The smallest absolute Gasteiger partial charge is 0.156 e. The summed E-state index contributed by atoms with van der Waals surface area (Å²) in [7, 11) is 0. The first-order chi connectivity index (χ1) is 9.28. The Bertz CT molecular complexity index is 704. The van der Waals surface area contributed by atoms with Crippen molar-refractivity contribution in [1.82, 2.24) is 15.0 Å². The zero-order chi connectivity index (χ0) is 13.2. The molecule has 96 valence electrons. The van der Waals surface area contributed by atoms with E-state index in [1.807, 2.05) is 24.3 Å². The quantitative estimate of drug-likeness (QED) is 0.724. The number of hydrogen-bond donors (Lipinski definition) is 1. The van der Waals surface area contributed by atoms with Crippen LogP contribution in [0, 0.1) is 0 Å². The van der Waals surface area contributed by atoms with Gasteiger partial charge >= 0.3 is 0 Å². The highest BCUT2D eigenvalue weighted by Gasteiger charge is 2.10. The predicted molar refractivity (Wildman–Crippen MR) is 78.3 cm³/mol. The molecule has 0 radical (unpaired) electrons. The van der Waals surface area contributed by atoms with E-state index in [-0.39, 0.29) is 0 Å². The maximum atomic E-state index is 6.22. The predicted octanol–water partition coefficient (Wildman–Crippen LogP) is 4.23. The van der Waals surface area contributed by atoms with Crippen LogP contribution in [-0.2, 0) is 6.42 Å². The van der Waals surface area contributed by atoms with E-state index in [4.69, 9.17) is 11.6 Å². The van der Waals surface area contributed by atoms with Gasteiger partial charge in [0.1, 0.15) is 11.3 Å². The van der Waals surface area contributed by atoms with Crippen molar-refractivity contribution in [2.24, 2.45) is 0 Å². The van der Waals surface area contributed by atoms with Gasteiger partial charge in [0.05, 0.1) is 5.52 Å². The summed E-state index contributed by atoms with van der Waals surface area (Å²) in [6, 6.07) is 12.2. The Balaban J connectivity index is 2.13. The van der Waals surface area contributed by atoms with Crippen LogP contribution in [0.25, 0.3) is 22.3 Å².